The Morgan fingerprint density at radius 3 is 2.62 bits per heavy atom. The van der Waals surface area contributed by atoms with E-state index >= 15 is 0 Å². The molecule has 0 spiro atoms. The van der Waals surface area contributed by atoms with Gasteiger partial charge in [0.1, 0.15) is 0 Å². The Bertz CT molecular complexity index is 675. The summed E-state index contributed by atoms with van der Waals surface area (Å²) in [6.07, 6.45) is 1.07. The summed E-state index contributed by atoms with van der Waals surface area (Å²) in [5, 5.41) is 9.09. The number of halogens is 2. The Hall–Kier alpha value is -0.440. The van der Waals surface area contributed by atoms with E-state index < -0.39 is 21.9 Å². The molecule has 1 saturated heterocycles. The van der Waals surface area contributed by atoms with E-state index in [1.54, 1.807) is 12.1 Å². The normalized spacial score (nSPS) is 20.4. The van der Waals surface area contributed by atoms with Crippen molar-refractivity contribution in [2.45, 2.75) is 24.7 Å². The number of carboxylic acids is 1. The van der Waals surface area contributed by atoms with Crippen molar-refractivity contribution >= 4 is 47.9 Å². The minimum absolute atomic E-state index is 0.0234. The Morgan fingerprint density at radius 1 is 1.33 bits per heavy atom. The number of piperidine rings is 1. The van der Waals surface area contributed by atoms with Crippen LogP contribution in [0, 0.1) is 12.8 Å². The van der Waals surface area contributed by atoms with Gasteiger partial charge in [0.05, 0.1) is 10.8 Å². The Labute approximate surface area is 140 Å². The molecule has 0 radical (unpaired) electrons. The molecular weight excluding hydrogens is 426 g/mol. The molecule has 1 N–H and O–H groups in total. The highest BCUT2D eigenvalue weighted by atomic mass is 79.9. The van der Waals surface area contributed by atoms with Crippen LogP contribution in [0.2, 0.25) is 0 Å². The van der Waals surface area contributed by atoms with Crippen LogP contribution in [0.4, 0.5) is 0 Å². The van der Waals surface area contributed by atoms with Crippen LogP contribution in [-0.2, 0) is 14.8 Å². The Morgan fingerprint density at radius 2 is 2.00 bits per heavy atom. The van der Waals surface area contributed by atoms with E-state index in [4.69, 9.17) is 5.11 Å². The Balaban J connectivity index is 2.38. The zero-order valence-corrected chi connectivity index (χ0v) is 15.3. The summed E-state index contributed by atoms with van der Waals surface area (Å²) < 4.78 is 27.9. The summed E-state index contributed by atoms with van der Waals surface area (Å²) in [7, 11) is -3.71. The molecule has 8 heteroatoms. The minimum Gasteiger partial charge on any atom is -0.481 e. The average molecular weight is 441 g/mol. The van der Waals surface area contributed by atoms with E-state index in [9.17, 15) is 13.2 Å². The van der Waals surface area contributed by atoms with Gasteiger partial charge < -0.3 is 5.11 Å². The molecule has 1 aromatic carbocycles. The summed E-state index contributed by atoms with van der Waals surface area (Å²) in [5.74, 6) is -1.58. The second-order valence-electron chi connectivity index (χ2n) is 5.07. The first-order valence-electron chi connectivity index (χ1n) is 6.42. The second kappa shape index (κ2) is 6.36. The second-order valence-corrected chi connectivity index (χ2v) is 8.69. The topological polar surface area (TPSA) is 74.7 Å². The molecule has 2 rings (SSSR count). The van der Waals surface area contributed by atoms with Gasteiger partial charge in [-0.25, -0.2) is 8.42 Å². The summed E-state index contributed by atoms with van der Waals surface area (Å²) in [6, 6.07) is 3.29. The molecule has 21 heavy (non-hydrogen) atoms. The van der Waals surface area contributed by atoms with E-state index in [1.807, 2.05) is 6.92 Å². The van der Waals surface area contributed by atoms with Crippen LogP contribution in [-0.4, -0.2) is 36.9 Å². The van der Waals surface area contributed by atoms with E-state index in [1.165, 1.54) is 4.31 Å². The fourth-order valence-corrected chi connectivity index (χ4v) is 5.49. The molecule has 0 aromatic heterocycles. The number of rotatable bonds is 3. The van der Waals surface area contributed by atoms with Crippen molar-refractivity contribution in [3.63, 3.8) is 0 Å². The standard InChI is InChI=1S/C13H15Br2NO4S/c1-8-5-11(15)12(6-10(8)14)21(19,20)16-4-2-3-9(7-16)13(17)18/h5-6,9H,2-4,7H2,1H3,(H,17,18)/t9-/m1/s1. The predicted octanol–water partition coefficient (Wildman–Crippen LogP) is 3.01. The maximum atomic E-state index is 12.7. The monoisotopic (exact) mass is 439 g/mol. The van der Waals surface area contributed by atoms with Crippen LogP contribution in [0.25, 0.3) is 0 Å². The van der Waals surface area contributed by atoms with Gasteiger partial charge in [-0.2, -0.15) is 4.31 Å². The van der Waals surface area contributed by atoms with Gasteiger partial charge in [-0.05, 0) is 53.4 Å². The lowest BCUT2D eigenvalue weighted by Crippen LogP contribution is -2.42. The SMILES string of the molecule is Cc1cc(Br)c(S(=O)(=O)N2CCC[C@@H](C(=O)O)C2)cc1Br. The van der Waals surface area contributed by atoms with Crippen LogP contribution in [0.5, 0.6) is 0 Å². The van der Waals surface area contributed by atoms with Gasteiger partial charge >= 0.3 is 5.97 Å². The van der Waals surface area contributed by atoms with Crippen molar-refractivity contribution in [2.24, 2.45) is 5.92 Å². The average Bonchev–Trinajstić information content (AvgIpc) is 2.42. The molecule has 0 unspecified atom stereocenters. The van der Waals surface area contributed by atoms with Crippen molar-refractivity contribution in [3.8, 4) is 0 Å². The van der Waals surface area contributed by atoms with E-state index in [2.05, 4.69) is 31.9 Å². The third-order valence-electron chi connectivity index (χ3n) is 3.56. The van der Waals surface area contributed by atoms with E-state index in [0.29, 0.717) is 28.3 Å². The van der Waals surface area contributed by atoms with Crippen molar-refractivity contribution in [3.05, 3.63) is 26.6 Å². The highest BCUT2D eigenvalue weighted by Gasteiger charge is 2.34. The lowest BCUT2D eigenvalue weighted by Gasteiger charge is -2.30. The quantitative estimate of drug-likeness (QED) is 0.783. The van der Waals surface area contributed by atoms with Crippen LogP contribution >= 0.6 is 31.9 Å². The number of benzene rings is 1. The largest absolute Gasteiger partial charge is 0.481 e. The molecule has 0 saturated carbocycles. The lowest BCUT2D eigenvalue weighted by atomic mass is 10.0. The van der Waals surface area contributed by atoms with Crippen LogP contribution in [0.15, 0.2) is 26.0 Å². The van der Waals surface area contributed by atoms with Crippen LogP contribution in [0.1, 0.15) is 18.4 Å². The van der Waals surface area contributed by atoms with Gasteiger partial charge in [0.15, 0.2) is 0 Å². The van der Waals surface area contributed by atoms with E-state index in [0.717, 1.165) is 5.56 Å². The molecule has 1 aromatic rings. The Kier molecular flexibility index (Phi) is 5.12. The van der Waals surface area contributed by atoms with Gasteiger partial charge in [-0.3, -0.25) is 4.79 Å². The minimum atomic E-state index is -3.71. The zero-order chi connectivity index (χ0) is 15.8. The summed E-state index contributed by atoms with van der Waals surface area (Å²) >= 11 is 6.62. The zero-order valence-electron chi connectivity index (χ0n) is 11.3. The first-order valence-corrected chi connectivity index (χ1v) is 9.44. The van der Waals surface area contributed by atoms with Gasteiger partial charge in [0.2, 0.25) is 10.0 Å². The molecule has 0 amide bonds. The van der Waals surface area contributed by atoms with Gasteiger partial charge in [-0.1, -0.05) is 15.9 Å². The lowest BCUT2D eigenvalue weighted by molar-refractivity contribution is -0.142. The first-order chi connectivity index (χ1) is 9.73. The maximum Gasteiger partial charge on any atom is 0.307 e. The molecule has 1 heterocycles. The van der Waals surface area contributed by atoms with Crippen molar-refractivity contribution in [2.75, 3.05) is 13.1 Å². The maximum absolute atomic E-state index is 12.7. The summed E-state index contributed by atoms with van der Waals surface area (Å²) in [5.41, 5.74) is 0.919. The van der Waals surface area contributed by atoms with E-state index in [-0.39, 0.29) is 11.4 Å². The number of sulfonamides is 1. The van der Waals surface area contributed by atoms with Crippen LogP contribution in [0.3, 0.4) is 0 Å². The number of aryl methyl sites for hydroxylation is 1. The third-order valence-corrected chi connectivity index (χ3v) is 7.24. The molecule has 0 aliphatic carbocycles. The van der Waals surface area contributed by atoms with Crippen molar-refractivity contribution in [1.29, 1.82) is 0 Å². The van der Waals surface area contributed by atoms with Crippen molar-refractivity contribution in [1.82, 2.24) is 4.31 Å². The summed E-state index contributed by atoms with van der Waals surface area (Å²) in [4.78, 5) is 11.2. The highest BCUT2D eigenvalue weighted by Crippen LogP contribution is 2.32. The number of hydrogen-bond donors (Lipinski definition) is 1. The van der Waals surface area contributed by atoms with Gasteiger partial charge in [0, 0.05) is 22.0 Å². The smallest absolute Gasteiger partial charge is 0.307 e. The molecule has 1 fully saturated rings. The molecular formula is C13H15Br2NO4S. The number of carbonyl (C=O) groups is 1. The molecule has 1 aliphatic rings. The predicted molar refractivity (Wildman–Crippen MR) is 85.7 cm³/mol. The van der Waals surface area contributed by atoms with Gasteiger partial charge in [-0.15, -0.1) is 0 Å². The molecule has 5 nitrogen and oxygen atoms in total. The molecule has 0 bridgehead atoms. The third kappa shape index (κ3) is 3.49. The number of carboxylic acid groups (broad SMARTS) is 1. The highest BCUT2D eigenvalue weighted by molar-refractivity contribution is 9.11. The summed E-state index contributed by atoms with van der Waals surface area (Å²) in [6.45, 7) is 2.24. The molecule has 1 atom stereocenters. The fraction of sp³-hybridized carbons (Fsp3) is 0.462. The first kappa shape index (κ1) is 16.9. The number of nitrogens with zero attached hydrogens (tertiary/aromatic N) is 1. The number of aliphatic carboxylic acids is 1. The van der Waals surface area contributed by atoms with Crippen molar-refractivity contribution < 1.29 is 18.3 Å². The fourth-order valence-electron chi connectivity index (χ4n) is 2.33. The molecule has 116 valence electrons. The van der Waals surface area contributed by atoms with Gasteiger partial charge in [0.25, 0.3) is 0 Å². The molecule has 1 aliphatic heterocycles. The van der Waals surface area contributed by atoms with Crippen LogP contribution < -0.4 is 0 Å². The number of hydrogen-bond acceptors (Lipinski definition) is 3.